The second-order valence-corrected chi connectivity index (χ2v) is 10.2. The molecule has 0 amide bonds. The molecule has 188 valence electrons. The normalized spacial score (nSPS) is 17.4. The van der Waals surface area contributed by atoms with Gasteiger partial charge in [0.05, 0.1) is 11.6 Å². The SMILES string of the molecule is CC1CC=Cc2c(-c3c(Cl)cc4c(NCC(=N)N)nc(N5CC(N(C)C)C5)nc4c3F)cc(O)cc21. The molecule has 1 fully saturated rings. The highest BCUT2D eigenvalue weighted by Gasteiger charge is 2.32. The third-order valence-corrected chi connectivity index (χ3v) is 7.26. The number of allylic oxidation sites excluding steroid dienone is 1. The fourth-order valence-electron chi connectivity index (χ4n) is 4.81. The van der Waals surface area contributed by atoms with Crippen LogP contribution in [0.15, 0.2) is 24.3 Å². The lowest BCUT2D eigenvalue weighted by atomic mass is 9.83. The lowest BCUT2D eigenvalue weighted by Gasteiger charge is -2.42. The van der Waals surface area contributed by atoms with E-state index >= 15 is 4.39 Å². The predicted octanol–water partition coefficient (Wildman–Crippen LogP) is 4.41. The summed E-state index contributed by atoms with van der Waals surface area (Å²) in [6.45, 7) is 3.56. The molecule has 0 radical (unpaired) electrons. The Morgan fingerprint density at radius 1 is 1.31 bits per heavy atom. The number of rotatable bonds is 6. The Labute approximate surface area is 214 Å². The first-order valence-electron chi connectivity index (χ1n) is 11.9. The summed E-state index contributed by atoms with van der Waals surface area (Å²) in [7, 11) is 4.03. The zero-order valence-corrected chi connectivity index (χ0v) is 21.2. The predicted molar refractivity (Wildman–Crippen MR) is 144 cm³/mol. The Kier molecular flexibility index (Phi) is 6.22. The number of nitrogens with one attached hydrogen (secondary N) is 2. The Morgan fingerprint density at radius 2 is 2.06 bits per heavy atom. The molecule has 2 heterocycles. The van der Waals surface area contributed by atoms with Crippen LogP contribution in [0.1, 0.15) is 30.4 Å². The molecule has 0 saturated carbocycles. The molecular formula is C26H29ClFN7O. The van der Waals surface area contributed by atoms with Gasteiger partial charge in [-0.3, -0.25) is 5.41 Å². The minimum absolute atomic E-state index is 0.0512. The van der Waals surface area contributed by atoms with Gasteiger partial charge in [0, 0.05) is 30.1 Å². The van der Waals surface area contributed by atoms with Gasteiger partial charge in [0.15, 0.2) is 5.82 Å². The van der Waals surface area contributed by atoms with Gasteiger partial charge >= 0.3 is 0 Å². The van der Waals surface area contributed by atoms with Crippen molar-refractivity contribution in [1.82, 2.24) is 14.9 Å². The molecule has 1 atom stereocenters. The highest BCUT2D eigenvalue weighted by molar-refractivity contribution is 6.34. The van der Waals surface area contributed by atoms with Gasteiger partial charge in [-0.2, -0.15) is 4.98 Å². The number of aromatic nitrogens is 2. The third-order valence-electron chi connectivity index (χ3n) is 6.96. The number of anilines is 2. The van der Waals surface area contributed by atoms with Crippen LogP contribution in [0.2, 0.25) is 5.02 Å². The van der Waals surface area contributed by atoms with E-state index in [1.165, 1.54) is 0 Å². The van der Waals surface area contributed by atoms with Crippen molar-refractivity contribution in [2.45, 2.75) is 25.3 Å². The van der Waals surface area contributed by atoms with E-state index < -0.39 is 5.82 Å². The molecule has 8 nitrogen and oxygen atoms in total. The molecule has 36 heavy (non-hydrogen) atoms. The summed E-state index contributed by atoms with van der Waals surface area (Å²) in [5, 5.41) is 21.7. The van der Waals surface area contributed by atoms with E-state index in [1.54, 1.807) is 18.2 Å². The van der Waals surface area contributed by atoms with Gasteiger partial charge in [0.25, 0.3) is 0 Å². The van der Waals surface area contributed by atoms with Crippen molar-refractivity contribution < 1.29 is 9.50 Å². The molecule has 1 saturated heterocycles. The van der Waals surface area contributed by atoms with E-state index in [-0.39, 0.29) is 40.2 Å². The number of aromatic hydroxyl groups is 1. The second-order valence-electron chi connectivity index (χ2n) is 9.75. The Balaban J connectivity index is 1.70. The molecule has 5 rings (SSSR count). The number of hydrogen-bond acceptors (Lipinski definition) is 7. The quantitative estimate of drug-likeness (QED) is 0.287. The number of halogens is 2. The molecule has 1 aromatic heterocycles. The van der Waals surface area contributed by atoms with Gasteiger partial charge in [-0.05, 0) is 61.3 Å². The molecule has 1 aliphatic heterocycles. The van der Waals surface area contributed by atoms with Crippen molar-refractivity contribution in [2.75, 3.05) is 43.9 Å². The van der Waals surface area contributed by atoms with Crippen molar-refractivity contribution in [2.24, 2.45) is 5.73 Å². The summed E-state index contributed by atoms with van der Waals surface area (Å²) < 4.78 is 16.4. The van der Waals surface area contributed by atoms with E-state index in [4.69, 9.17) is 22.7 Å². The van der Waals surface area contributed by atoms with E-state index in [2.05, 4.69) is 33.2 Å². The number of nitrogens with two attached hydrogens (primary N) is 1. The average Bonchev–Trinajstić information content (AvgIpc) is 2.77. The number of likely N-dealkylation sites (N-methyl/N-ethyl adjacent to an activating group) is 1. The van der Waals surface area contributed by atoms with Crippen LogP contribution in [0, 0.1) is 11.2 Å². The topological polar surface area (TPSA) is 114 Å². The Bertz CT molecular complexity index is 1400. The van der Waals surface area contributed by atoms with Crippen LogP contribution in [0.3, 0.4) is 0 Å². The van der Waals surface area contributed by atoms with E-state index in [9.17, 15) is 5.11 Å². The van der Waals surface area contributed by atoms with Crippen molar-refractivity contribution >= 4 is 46.2 Å². The van der Waals surface area contributed by atoms with Gasteiger partial charge in [-0.1, -0.05) is 30.7 Å². The second kappa shape index (κ2) is 9.22. The summed E-state index contributed by atoms with van der Waals surface area (Å²) in [5.74, 6) is 0.337. The summed E-state index contributed by atoms with van der Waals surface area (Å²) in [6.07, 6.45) is 4.85. The highest BCUT2D eigenvalue weighted by Crippen LogP contribution is 2.44. The largest absolute Gasteiger partial charge is 0.508 e. The molecule has 2 aromatic carbocycles. The maximum Gasteiger partial charge on any atom is 0.228 e. The number of amidine groups is 1. The van der Waals surface area contributed by atoms with Crippen LogP contribution >= 0.6 is 11.6 Å². The van der Waals surface area contributed by atoms with E-state index in [0.29, 0.717) is 28.8 Å². The molecule has 3 aromatic rings. The molecule has 0 spiro atoms. The number of fused-ring (bicyclic) bond motifs is 2. The summed E-state index contributed by atoms with van der Waals surface area (Å²) in [6, 6.07) is 5.27. The number of benzene rings is 2. The van der Waals surface area contributed by atoms with Gasteiger partial charge in [-0.15, -0.1) is 0 Å². The lowest BCUT2D eigenvalue weighted by Crippen LogP contribution is -2.58. The third kappa shape index (κ3) is 4.22. The lowest BCUT2D eigenvalue weighted by molar-refractivity contribution is 0.245. The van der Waals surface area contributed by atoms with Crippen LogP contribution in [-0.2, 0) is 0 Å². The summed E-state index contributed by atoms with van der Waals surface area (Å²) in [5.41, 5.74) is 8.16. The molecular weight excluding hydrogens is 481 g/mol. The molecule has 1 aliphatic carbocycles. The van der Waals surface area contributed by atoms with Crippen LogP contribution in [-0.4, -0.2) is 65.6 Å². The Hall–Kier alpha value is -3.43. The van der Waals surface area contributed by atoms with E-state index in [1.807, 2.05) is 25.1 Å². The van der Waals surface area contributed by atoms with E-state index in [0.717, 1.165) is 30.6 Å². The highest BCUT2D eigenvalue weighted by atomic mass is 35.5. The first-order valence-corrected chi connectivity index (χ1v) is 12.2. The van der Waals surface area contributed by atoms with Crippen LogP contribution in [0.5, 0.6) is 5.75 Å². The van der Waals surface area contributed by atoms with Crippen molar-refractivity contribution in [1.29, 1.82) is 5.41 Å². The molecule has 10 heteroatoms. The van der Waals surface area contributed by atoms with Gasteiger partial charge in [0.1, 0.15) is 22.9 Å². The fourth-order valence-corrected chi connectivity index (χ4v) is 5.10. The molecule has 0 bridgehead atoms. The minimum Gasteiger partial charge on any atom is -0.508 e. The smallest absolute Gasteiger partial charge is 0.228 e. The van der Waals surface area contributed by atoms with Crippen LogP contribution in [0.4, 0.5) is 16.2 Å². The van der Waals surface area contributed by atoms with Crippen molar-refractivity contribution in [3.8, 4) is 16.9 Å². The monoisotopic (exact) mass is 509 g/mol. The van der Waals surface area contributed by atoms with Crippen LogP contribution < -0.4 is 16.0 Å². The van der Waals surface area contributed by atoms with Crippen molar-refractivity contribution in [3.63, 3.8) is 0 Å². The number of nitrogens with zero attached hydrogens (tertiary/aromatic N) is 4. The maximum atomic E-state index is 16.4. The summed E-state index contributed by atoms with van der Waals surface area (Å²) in [4.78, 5) is 13.3. The Morgan fingerprint density at radius 3 is 2.75 bits per heavy atom. The zero-order chi connectivity index (χ0) is 25.7. The number of phenols is 1. The van der Waals surface area contributed by atoms with Gasteiger partial charge in [-0.25, -0.2) is 9.37 Å². The molecule has 2 aliphatic rings. The number of hydrogen-bond donors (Lipinski definition) is 4. The zero-order valence-electron chi connectivity index (χ0n) is 20.4. The maximum absolute atomic E-state index is 16.4. The minimum atomic E-state index is -0.587. The number of phenolic OH excluding ortho intramolecular Hbond substituents is 1. The fraction of sp³-hybridized carbons (Fsp3) is 0.346. The standard InChI is InChI=1S/C26H29ClFN7O/c1-13-5-4-6-16-17(13)7-15(36)8-18(16)22-20(27)9-19-24(23(22)28)32-26(33-25(19)31-10-21(29)30)35-11-14(12-35)34(2)3/h4,6-9,13-14,36H,5,10-12H2,1-3H3,(H3,29,30)(H,31,32,33). The first kappa shape index (κ1) is 24.3. The average molecular weight is 510 g/mol. The first-order chi connectivity index (χ1) is 17.1. The van der Waals surface area contributed by atoms with Gasteiger partial charge in [0.2, 0.25) is 5.95 Å². The molecule has 5 N–H and O–H groups in total. The van der Waals surface area contributed by atoms with Crippen LogP contribution in [0.25, 0.3) is 28.1 Å². The van der Waals surface area contributed by atoms with Crippen molar-refractivity contribution in [3.05, 3.63) is 46.2 Å². The summed E-state index contributed by atoms with van der Waals surface area (Å²) >= 11 is 6.69. The molecule has 1 unspecified atom stereocenters. The van der Waals surface area contributed by atoms with Gasteiger partial charge < -0.3 is 26.0 Å².